The molecule has 0 fully saturated rings. The van der Waals surface area contributed by atoms with Gasteiger partial charge in [-0.15, -0.1) is 5.10 Å². The van der Waals surface area contributed by atoms with E-state index in [9.17, 15) is 4.79 Å². The van der Waals surface area contributed by atoms with Crippen molar-refractivity contribution in [2.75, 3.05) is 0 Å². The van der Waals surface area contributed by atoms with Gasteiger partial charge in [-0.1, -0.05) is 64.3 Å². The van der Waals surface area contributed by atoms with Crippen LogP contribution in [0, 0.1) is 0 Å². The van der Waals surface area contributed by atoms with E-state index in [2.05, 4.69) is 15.6 Å². The van der Waals surface area contributed by atoms with Crippen molar-refractivity contribution in [2.24, 2.45) is 0 Å². The third-order valence-corrected chi connectivity index (χ3v) is 4.38. The van der Waals surface area contributed by atoms with Gasteiger partial charge in [-0.25, -0.2) is 4.68 Å². The first-order valence-electron chi connectivity index (χ1n) is 7.39. The van der Waals surface area contributed by atoms with Gasteiger partial charge in [-0.3, -0.25) is 4.79 Å². The molecule has 2 aromatic carbocycles. The summed E-state index contributed by atoms with van der Waals surface area (Å²) in [4.78, 5) is 12.3. The molecule has 0 spiro atoms. The molecule has 128 valence electrons. The predicted molar refractivity (Wildman–Crippen MR) is 98.2 cm³/mol. The third-order valence-electron chi connectivity index (χ3n) is 3.50. The molecule has 3 aromatic rings. The molecule has 0 saturated carbocycles. The van der Waals surface area contributed by atoms with Gasteiger partial charge < -0.3 is 5.32 Å². The number of hydrogen-bond donors (Lipinski definition) is 1. The fourth-order valence-corrected chi connectivity index (χ4v) is 2.64. The fourth-order valence-electron chi connectivity index (χ4n) is 2.17. The lowest BCUT2D eigenvalue weighted by Crippen LogP contribution is -2.23. The number of benzene rings is 2. The Hall–Kier alpha value is -2.08. The molecule has 0 radical (unpaired) electrons. The lowest BCUT2D eigenvalue weighted by molar-refractivity contribution is 0.0946. The molecule has 0 aliphatic rings. The van der Waals surface area contributed by atoms with E-state index in [1.807, 2.05) is 24.3 Å². The molecule has 0 aliphatic carbocycles. The molecule has 0 saturated heterocycles. The Balaban J connectivity index is 1.66. The van der Waals surface area contributed by atoms with E-state index in [0.717, 1.165) is 11.1 Å². The normalized spacial score (nSPS) is 10.7. The van der Waals surface area contributed by atoms with Crippen LogP contribution in [-0.2, 0) is 13.1 Å². The average Bonchev–Trinajstić information content (AvgIpc) is 2.97. The molecule has 25 heavy (non-hydrogen) atoms. The molecule has 5 nitrogen and oxygen atoms in total. The molecule has 1 heterocycles. The molecule has 0 unspecified atom stereocenters. The lowest BCUT2D eigenvalue weighted by Gasteiger charge is -2.05. The van der Waals surface area contributed by atoms with Crippen LogP contribution in [0.2, 0.25) is 15.2 Å². The molecule has 0 atom stereocenters. The number of carbonyl (C=O) groups is 1. The van der Waals surface area contributed by atoms with Gasteiger partial charge in [0.25, 0.3) is 5.91 Å². The molecule has 1 aromatic heterocycles. The van der Waals surface area contributed by atoms with Crippen molar-refractivity contribution in [1.82, 2.24) is 20.3 Å². The Morgan fingerprint density at radius 3 is 2.08 bits per heavy atom. The lowest BCUT2D eigenvalue weighted by atomic mass is 10.2. The van der Waals surface area contributed by atoms with Gasteiger partial charge in [0.2, 0.25) is 0 Å². The first kappa shape index (κ1) is 17.7. The van der Waals surface area contributed by atoms with E-state index in [0.29, 0.717) is 23.1 Å². The minimum atomic E-state index is -0.387. The largest absolute Gasteiger partial charge is 0.346 e. The van der Waals surface area contributed by atoms with E-state index in [1.54, 1.807) is 24.3 Å². The molecule has 1 amide bonds. The minimum absolute atomic E-state index is 0.0876. The van der Waals surface area contributed by atoms with Crippen molar-refractivity contribution in [3.05, 3.63) is 80.6 Å². The summed E-state index contributed by atoms with van der Waals surface area (Å²) in [6.07, 6.45) is 0. The van der Waals surface area contributed by atoms with Gasteiger partial charge in [0.15, 0.2) is 10.8 Å². The van der Waals surface area contributed by atoms with Crippen LogP contribution in [0.4, 0.5) is 0 Å². The van der Waals surface area contributed by atoms with Gasteiger partial charge in [-0.2, -0.15) is 0 Å². The molecular formula is C17H13Cl3N4O. The van der Waals surface area contributed by atoms with E-state index < -0.39 is 0 Å². The molecule has 8 heteroatoms. The molecule has 3 rings (SSSR count). The summed E-state index contributed by atoms with van der Waals surface area (Å²) in [6, 6.07) is 14.5. The van der Waals surface area contributed by atoms with Gasteiger partial charge >= 0.3 is 0 Å². The van der Waals surface area contributed by atoms with Crippen LogP contribution in [0.3, 0.4) is 0 Å². The highest BCUT2D eigenvalue weighted by Gasteiger charge is 2.18. The zero-order valence-corrected chi connectivity index (χ0v) is 15.2. The molecule has 0 bridgehead atoms. The first-order chi connectivity index (χ1) is 12.0. The topological polar surface area (TPSA) is 59.8 Å². The Kier molecular flexibility index (Phi) is 5.58. The zero-order chi connectivity index (χ0) is 17.8. The van der Waals surface area contributed by atoms with Crippen LogP contribution >= 0.6 is 34.8 Å². The maximum Gasteiger partial charge on any atom is 0.275 e. The number of amides is 1. The second-order valence-corrected chi connectivity index (χ2v) is 6.55. The van der Waals surface area contributed by atoms with Crippen LogP contribution in [0.5, 0.6) is 0 Å². The number of aromatic nitrogens is 3. The van der Waals surface area contributed by atoms with Crippen molar-refractivity contribution >= 4 is 40.7 Å². The summed E-state index contributed by atoms with van der Waals surface area (Å²) in [5.74, 6) is -0.387. The smallest absolute Gasteiger partial charge is 0.275 e. The summed E-state index contributed by atoms with van der Waals surface area (Å²) in [6.45, 7) is 0.740. The maximum absolute atomic E-state index is 12.3. The van der Waals surface area contributed by atoms with Gasteiger partial charge in [-0.05, 0) is 35.4 Å². The van der Waals surface area contributed by atoms with Crippen LogP contribution in [0.15, 0.2) is 48.5 Å². The standard InChI is InChI=1S/C17H13Cl3N4O/c18-13-5-1-11(2-6-13)9-21-17(25)15-16(20)24(23-22-15)10-12-3-7-14(19)8-4-12/h1-8H,9-10H2,(H,21,25). The Morgan fingerprint density at radius 2 is 1.48 bits per heavy atom. The summed E-state index contributed by atoms with van der Waals surface area (Å²) >= 11 is 17.9. The number of nitrogens with one attached hydrogen (secondary N) is 1. The van der Waals surface area contributed by atoms with E-state index >= 15 is 0 Å². The quantitative estimate of drug-likeness (QED) is 0.704. The second kappa shape index (κ2) is 7.87. The van der Waals surface area contributed by atoms with Crippen LogP contribution in [-0.4, -0.2) is 20.9 Å². The minimum Gasteiger partial charge on any atom is -0.346 e. The predicted octanol–water partition coefficient (Wildman–Crippen LogP) is 4.22. The van der Waals surface area contributed by atoms with E-state index in [4.69, 9.17) is 34.8 Å². The van der Waals surface area contributed by atoms with Gasteiger partial charge in [0.05, 0.1) is 6.54 Å². The monoisotopic (exact) mass is 394 g/mol. The van der Waals surface area contributed by atoms with Gasteiger partial charge in [0.1, 0.15) is 0 Å². The third kappa shape index (κ3) is 4.51. The summed E-state index contributed by atoms with van der Waals surface area (Å²) in [7, 11) is 0. The second-order valence-electron chi connectivity index (χ2n) is 5.32. The number of halogens is 3. The van der Waals surface area contributed by atoms with E-state index in [-0.39, 0.29) is 16.8 Å². The SMILES string of the molecule is O=C(NCc1ccc(Cl)cc1)c1nnn(Cc2ccc(Cl)cc2)c1Cl. The number of hydrogen-bond acceptors (Lipinski definition) is 3. The van der Waals surface area contributed by atoms with Crippen molar-refractivity contribution in [3.63, 3.8) is 0 Å². The number of nitrogens with zero attached hydrogens (tertiary/aromatic N) is 3. The Morgan fingerprint density at radius 1 is 0.920 bits per heavy atom. The molecule has 0 aliphatic heterocycles. The highest BCUT2D eigenvalue weighted by molar-refractivity contribution is 6.32. The van der Waals surface area contributed by atoms with Crippen molar-refractivity contribution in [2.45, 2.75) is 13.1 Å². The van der Waals surface area contributed by atoms with E-state index in [1.165, 1.54) is 4.68 Å². The average molecular weight is 396 g/mol. The number of rotatable bonds is 5. The molecule has 1 N–H and O–H groups in total. The highest BCUT2D eigenvalue weighted by Crippen LogP contribution is 2.16. The van der Waals surface area contributed by atoms with Crippen molar-refractivity contribution in [1.29, 1.82) is 0 Å². The summed E-state index contributed by atoms with van der Waals surface area (Å²) in [5.41, 5.74) is 1.95. The van der Waals surface area contributed by atoms with Crippen LogP contribution in [0.25, 0.3) is 0 Å². The Labute approximate surface area is 159 Å². The molecular weight excluding hydrogens is 383 g/mol. The van der Waals surface area contributed by atoms with Crippen molar-refractivity contribution < 1.29 is 4.79 Å². The fraction of sp³-hybridized carbons (Fsp3) is 0.118. The Bertz CT molecular complexity index is 876. The number of carbonyl (C=O) groups excluding carboxylic acids is 1. The highest BCUT2D eigenvalue weighted by atomic mass is 35.5. The van der Waals surface area contributed by atoms with Crippen LogP contribution < -0.4 is 5.32 Å². The van der Waals surface area contributed by atoms with Gasteiger partial charge in [0, 0.05) is 16.6 Å². The van der Waals surface area contributed by atoms with Crippen LogP contribution in [0.1, 0.15) is 21.6 Å². The van der Waals surface area contributed by atoms with Crippen molar-refractivity contribution in [3.8, 4) is 0 Å². The summed E-state index contributed by atoms with van der Waals surface area (Å²) in [5, 5.41) is 12.1. The summed E-state index contributed by atoms with van der Waals surface area (Å²) < 4.78 is 1.46. The first-order valence-corrected chi connectivity index (χ1v) is 8.52. The maximum atomic E-state index is 12.3. The zero-order valence-electron chi connectivity index (χ0n) is 12.9.